The van der Waals surface area contributed by atoms with Crippen LogP contribution in [0.2, 0.25) is 0 Å². The predicted octanol–water partition coefficient (Wildman–Crippen LogP) is 5.54. The summed E-state index contributed by atoms with van der Waals surface area (Å²) < 4.78 is 7.12. The summed E-state index contributed by atoms with van der Waals surface area (Å²) in [6, 6.07) is 16.5. The number of aromatic nitrogens is 2. The number of benzene rings is 2. The Morgan fingerprint density at radius 3 is 2.70 bits per heavy atom. The van der Waals surface area contributed by atoms with Crippen molar-refractivity contribution in [3.63, 3.8) is 0 Å². The van der Waals surface area contributed by atoms with Gasteiger partial charge in [0.1, 0.15) is 11.6 Å². The summed E-state index contributed by atoms with van der Waals surface area (Å²) in [4.78, 5) is 28.1. The fraction of sp³-hybridized carbons (Fsp3) is 0.258. The van der Waals surface area contributed by atoms with Gasteiger partial charge in [-0.15, -0.1) is 5.73 Å². The lowest BCUT2D eigenvalue weighted by Gasteiger charge is -2.26. The van der Waals surface area contributed by atoms with Crippen molar-refractivity contribution in [1.29, 1.82) is 5.26 Å². The Morgan fingerprint density at radius 2 is 1.98 bits per heavy atom. The van der Waals surface area contributed by atoms with Crippen LogP contribution >= 0.6 is 0 Å². The van der Waals surface area contributed by atoms with E-state index in [1.54, 1.807) is 55.5 Å². The van der Waals surface area contributed by atoms with E-state index >= 15 is 0 Å². The molecule has 1 aliphatic rings. The smallest absolute Gasteiger partial charge is 0.408 e. The zero-order valence-electron chi connectivity index (χ0n) is 23.1. The first-order valence-electron chi connectivity index (χ1n) is 12.9. The highest BCUT2D eigenvalue weighted by Crippen LogP contribution is 2.32. The molecule has 0 unspecified atom stereocenters. The minimum atomic E-state index is -0.875. The van der Waals surface area contributed by atoms with Crippen LogP contribution in [0.5, 0.6) is 0 Å². The first-order chi connectivity index (χ1) is 19.1. The quantitative estimate of drug-likeness (QED) is 0.243. The number of nitriles is 1. The molecule has 0 saturated carbocycles. The van der Waals surface area contributed by atoms with Crippen molar-refractivity contribution >= 4 is 40.0 Å². The van der Waals surface area contributed by atoms with E-state index in [1.807, 2.05) is 48.5 Å². The molecule has 0 bridgehead atoms. The number of nitrogens with one attached hydrogen (secondary N) is 2. The SMILES string of the molecule is C=C=C/C=C\C(=C(/C)C#N)n1nc(CN2C(=O)[C@@H](NC(=O)OC(C)(C)C)CNc3ccccc32)c2ccccc21. The Kier molecular flexibility index (Phi) is 8.23. The number of fused-ring (bicyclic) bond motifs is 2. The molecule has 204 valence electrons. The van der Waals surface area contributed by atoms with E-state index in [0.717, 1.165) is 16.6 Å². The van der Waals surface area contributed by atoms with Crippen molar-refractivity contribution in [2.24, 2.45) is 0 Å². The normalized spacial score (nSPS) is 15.8. The van der Waals surface area contributed by atoms with Crippen LogP contribution < -0.4 is 15.5 Å². The number of hydrogen-bond donors (Lipinski definition) is 2. The molecule has 2 N–H and O–H groups in total. The molecule has 9 nitrogen and oxygen atoms in total. The minimum Gasteiger partial charge on any atom is -0.444 e. The zero-order valence-corrected chi connectivity index (χ0v) is 23.1. The number of para-hydroxylation sites is 3. The van der Waals surface area contributed by atoms with Crippen molar-refractivity contribution in [3.05, 3.63) is 90.3 Å². The summed E-state index contributed by atoms with van der Waals surface area (Å²) in [6.45, 7) is 10.9. The highest BCUT2D eigenvalue weighted by molar-refractivity contribution is 6.03. The second-order valence-electron chi connectivity index (χ2n) is 10.2. The number of allylic oxidation sites excluding steroid dienone is 5. The van der Waals surface area contributed by atoms with Gasteiger partial charge in [-0.25, -0.2) is 9.48 Å². The van der Waals surface area contributed by atoms with Gasteiger partial charge < -0.3 is 20.3 Å². The molecular formula is C31H32N6O3. The first-order valence-corrected chi connectivity index (χ1v) is 12.9. The molecule has 0 saturated heterocycles. The first kappa shape index (κ1) is 28.0. The van der Waals surface area contributed by atoms with E-state index in [1.165, 1.54) is 0 Å². The van der Waals surface area contributed by atoms with Crippen LogP contribution in [0.25, 0.3) is 16.6 Å². The monoisotopic (exact) mass is 536 g/mol. The number of carbonyl (C=O) groups excluding carboxylic acids is 2. The Labute approximate surface area is 233 Å². The molecule has 2 amide bonds. The fourth-order valence-corrected chi connectivity index (χ4v) is 4.39. The second-order valence-corrected chi connectivity index (χ2v) is 10.2. The third-order valence-electron chi connectivity index (χ3n) is 6.17. The van der Waals surface area contributed by atoms with E-state index in [4.69, 9.17) is 9.84 Å². The number of nitrogens with zero attached hydrogens (tertiary/aromatic N) is 4. The van der Waals surface area contributed by atoms with Gasteiger partial charge in [0.25, 0.3) is 5.91 Å². The summed E-state index contributed by atoms with van der Waals surface area (Å²) in [7, 11) is 0. The lowest BCUT2D eigenvalue weighted by Crippen LogP contribution is -2.51. The number of anilines is 2. The number of rotatable bonds is 6. The van der Waals surface area contributed by atoms with Gasteiger partial charge in [0.2, 0.25) is 0 Å². The molecule has 0 spiro atoms. The van der Waals surface area contributed by atoms with Gasteiger partial charge in [0.15, 0.2) is 0 Å². The van der Waals surface area contributed by atoms with Crippen molar-refractivity contribution in [2.75, 3.05) is 16.8 Å². The highest BCUT2D eigenvalue weighted by Gasteiger charge is 2.33. The van der Waals surface area contributed by atoms with Crippen LogP contribution in [0.15, 0.2) is 84.6 Å². The maximum Gasteiger partial charge on any atom is 0.408 e. The molecule has 0 radical (unpaired) electrons. The van der Waals surface area contributed by atoms with Crippen LogP contribution in [-0.4, -0.2) is 40.0 Å². The summed E-state index contributed by atoms with van der Waals surface area (Å²) in [5.41, 5.74) is 5.88. The molecule has 9 heteroatoms. The second kappa shape index (κ2) is 11.8. The third kappa shape index (κ3) is 6.15. The van der Waals surface area contributed by atoms with E-state index in [0.29, 0.717) is 22.7 Å². The van der Waals surface area contributed by atoms with Crippen molar-refractivity contribution in [1.82, 2.24) is 15.1 Å². The largest absolute Gasteiger partial charge is 0.444 e. The number of hydrogen-bond acceptors (Lipinski definition) is 6. The van der Waals surface area contributed by atoms with Gasteiger partial charge in [-0.1, -0.05) is 43.0 Å². The standard InChI is InChI=1S/C31H32N6O3/c1-6-7-8-15-26(21(2)18-32)37-27-16-11-9-13-22(27)25(35-37)20-36-28-17-12-10-14-23(28)33-19-24(29(36)38)34-30(39)40-31(3,4)5/h7-17,24,33H,1,19-20H2,2-5H3,(H,34,39)/b15-8-,26-21-/t24-/m0/s1. The Bertz CT molecular complexity index is 1590. The Morgan fingerprint density at radius 1 is 1.25 bits per heavy atom. The summed E-state index contributed by atoms with van der Waals surface area (Å²) in [6.07, 6.45) is 4.49. The molecular weight excluding hydrogens is 504 g/mol. The minimum absolute atomic E-state index is 0.132. The lowest BCUT2D eigenvalue weighted by molar-refractivity contribution is -0.120. The molecule has 0 fully saturated rings. The Balaban J connectivity index is 1.78. The van der Waals surface area contributed by atoms with Crippen LogP contribution in [0.4, 0.5) is 16.2 Å². The van der Waals surface area contributed by atoms with Crippen LogP contribution in [0, 0.1) is 11.3 Å². The molecule has 4 rings (SSSR count). The Hall–Kier alpha value is -5.06. The summed E-state index contributed by atoms with van der Waals surface area (Å²) in [5.74, 6) is -0.304. The zero-order chi connectivity index (χ0) is 28.9. The lowest BCUT2D eigenvalue weighted by atomic mass is 10.1. The summed E-state index contributed by atoms with van der Waals surface area (Å²) in [5, 5.41) is 21.4. The van der Waals surface area contributed by atoms with Crippen LogP contribution in [0.1, 0.15) is 33.4 Å². The molecule has 2 aromatic carbocycles. The highest BCUT2D eigenvalue weighted by atomic mass is 16.6. The molecule has 0 aliphatic carbocycles. The average molecular weight is 537 g/mol. The van der Waals surface area contributed by atoms with Gasteiger partial charge in [0, 0.05) is 11.9 Å². The molecule has 1 aromatic heterocycles. The third-order valence-corrected chi connectivity index (χ3v) is 6.17. The van der Waals surface area contributed by atoms with Gasteiger partial charge in [0.05, 0.1) is 46.5 Å². The van der Waals surface area contributed by atoms with Crippen LogP contribution in [0.3, 0.4) is 0 Å². The van der Waals surface area contributed by atoms with Crippen molar-refractivity contribution in [3.8, 4) is 6.07 Å². The van der Waals surface area contributed by atoms with Crippen molar-refractivity contribution in [2.45, 2.75) is 45.9 Å². The van der Waals surface area contributed by atoms with Crippen molar-refractivity contribution < 1.29 is 14.3 Å². The molecule has 2 heterocycles. The van der Waals surface area contributed by atoms with Crippen LogP contribution in [-0.2, 0) is 16.1 Å². The molecule has 3 aromatic rings. The van der Waals surface area contributed by atoms with E-state index < -0.39 is 17.7 Å². The number of amides is 2. The molecule has 40 heavy (non-hydrogen) atoms. The number of alkyl carbamates (subject to hydrolysis) is 1. The predicted molar refractivity (Wildman–Crippen MR) is 156 cm³/mol. The molecule has 1 atom stereocenters. The fourth-order valence-electron chi connectivity index (χ4n) is 4.39. The van der Waals surface area contributed by atoms with E-state index in [9.17, 15) is 14.9 Å². The number of ether oxygens (including phenoxy) is 1. The molecule has 1 aliphatic heterocycles. The van der Waals surface area contributed by atoms with E-state index in [2.05, 4.69) is 29.0 Å². The summed E-state index contributed by atoms with van der Waals surface area (Å²) >= 11 is 0. The van der Waals surface area contributed by atoms with Gasteiger partial charge >= 0.3 is 6.09 Å². The van der Waals surface area contributed by atoms with Gasteiger partial charge in [-0.3, -0.25) is 4.79 Å². The maximum absolute atomic E-state index is 13.9. The van der Waals surface area contributed by atoms with Gasteiger partial charge in [-0.2, -0.15) is 10.4 Å². The topological polar surface area (TPSA) is 112 Å². The van der Waals surface area contributed by atoms with Gasteiger partial charge in [-0.05, 0) is 58.0 Å². The maximum atomic E-state index is 13.9. The average Bonchev–Trinajstić information content (AvgIpc) is 3.22. The van der Waals surface area contributed by atoms with E-state index in [-0.39, 0.29) is 19.0 Å². The number of carbonyl (C=O) groups is 2.